The molecule has 6 nitrogen and oxygen atoms in total. The van der Waals surface area contributed by atoms with Crippen LogP contribution in [0, 0.1) is 25.5 Å². The highest BCUT2D eigenvalue weighted by molar-refractivity contribution is 5.93. The number of rotatable bonds is 5. The summed E-state index contributed by atoms with van der Waals surface area (Å²) in [6, 6.07) is 5.11. The standard InChI is InChI=1S/C19H19F2N5O/c1-11-5-18(22)25-12(2)16(11)8-23-19(27)14-7-24-26(10-14)9-13-3-4-15(20)6-17(13)21/h3-7,10H,8-9H2,1-2H3,(H2,22,25)(H,23,27). The van der Waals surface area contributed by atoms with E-state index in [1.54, 1.807) is 6.07 Å². The van der Waals surface area contributed by atoms with Crippen LogP contribution in [0.2, 0.25) is 0 Å². The predicted molar refractivity (Wildman–Crippen MR) is 97.0 cm³/mol. The number of halogens is 2. The van der Waals surface area contributed by atoms with Crippen LogP contribution in [0.1, 0.15) is 32.7 Å². The summed E-state index contributed by atoms with van der Waals surface area (Å²) in [4.78, 5) is 16.5. The maximum atomic E-state index is 13.7. The summed E-state index contributed by atoms with van der Waals surface area (Å²) >= 11 is 0. The number of anilines is 1. The number of amides is 1. The van der Waals surface area contributed by atoms with E-state index in [4.69, 9.17) is 5.73 Å². The van der Waals surface area contributed by atoms with Gasteiger partial charge in [-0.3, -0.25) is 9.48 Å². The summed E-state index contributed by atoms with van der Waals surface area (Å²) in [5.41, 5.74) is 8.94. The van der Waals surface area contributed by atoms with Crippen molar-refractivity contribution in [3.8, 4) is 0 Å². The van der Waals surface area contributed by atoms with E-state index >= 15 is 0 Å². The zero-order valence-corrected chi connectivity index (χ0v) is 15.0. The van der Waals surface area contributed by atoms with Crippen molar-refractivity contribution in [1.82, 2.24) is 20.1 Å². The molecule has 0 aliphatic heterocycles. The SMILES string of the molecule is Cc1cc(N)nc(C)c1CNC(=O)c1cnn(Cc2ccc(F)cc2F)c1. The van der Waals surface area contributed by atoms with Gasteiger partial charge in [0.05, 0.1) is 18.3 Å². The number of nitrogens with two attached hydrogens (primary N) is 1. The van der Waals surface area contributed by atoms with Crippen molar-refractivity contribution >= 4 is 11.7 Å². The van der Waals surface area contributed by atoms with Crippen LogP contribution in [-0.4, -0.2) is 20.7 Å². The molecule has 3 aromatic rings. The molecule has 0 aliphatic carbocycles. The first kappa shape index (κ1) is 18.5. The number of nitrogens with zero attached hydrogens (tertiary/aromatic N) is 3. The van der Waals surface area contributed by atoms with Crippen LogP contribution in [-0.2, 0) is 13.1 Å². The van der Waals surface area contributed by atoms with Gasteiger partial charge >= 0.3 is 0 Å². The van der Waals surface area contributed by atoms with E-state index < -0.39 is 11.6 Å². The Bertz CT molecular complexity index is 977. The van der Waals surface area contributed by atoms with Gasteiger partial charge in [0.1, 0.15) is 17.5 Å². The summed E-state index contributed by atoms with van der Waals surface area (Å²) in [6.45, 7) is 4.14. The van der Waals surface area contributed by atoms with Gasteiger partial charge in [-0.1, -0.05) is 6.07 Å². The Morgan fingerprint density at radius 2 is 2.04 bits per heavy atom. The number of hydrogen-bond acceptors (Lipinski definition) is 4. The average molecular weight is 371 g/mol. The van der Waals surface area contributed by atoms with Gasteiger partial charge in [-0.25, -0.2) is 13.8 Å². The third kappa shape index (κ3) is 4.28. The van der Waals surface area contributed by atoms with Crippen molar-refractivity contribution in [3.05, 3.63) is 76.2 Å². The highest BCUT2D eigenvalue weighted by atomic mass is 19.1. The number of pyridine rings is 1. The zero-order valence-electron chi connectivity index (χ0n) is 15.0. The van der Waals surface area contributed by atoms with Crippen LogP contribution in [0.15, 0.2) is 36.7 Å². The lowest BCUT2D eigenvalue weighted by Gasteiger charge is -2.11. The highest BCUT2D eigenvalue weighted by Gasteiger charge is 2.12. The van der Waals surface area contributed by atoms with E-state index in [9.17, 15) is 13.6 Å². The Labute approximate surface area is 155 Å². The molecule has 8 heteroatoms. The van der Waals surface area contributed by atoms with E-state index in [0.717, 1.165) is 22.9 Å². The lowest BCUT2D eigenvalue weighted by Crippen LogP contribution is -2.23. The average Bonchev–Trinajstić information content (AvgIpc) is 3.05. The van der Waals surface area contributed by atoms with Gasteiger partial charge in [-0.2, -0.15) is 5.10 Å². The molecule has 0 radical (unpaired) electrons. The Hall–Kier alpha value is -3.29. The number of benzene rings is 1. The summed E-state index contributed by atoms with van der Waals surface area (Å²) < 4.78 is 28.1. The number of nitrogen functional groups attached to an aromatic ring is 1. The molecular formula is C19H19F2N5O. The van der Waals surface area contributed by atoms with Crippen molar-refractivity contribution in [3.63, 3.8) is 0 Å². The fraction of sp³-hybridized carbons (Fsp3) is 0.211. The van der Waals surface area contributed by atoms with Crippen molar-refractivity contribution in [1.29, 1.82) is 0 Å². The summed E-state index contributed by atoms with van der Waals surface area (Å²) in [5, 5.41) is 6.88. The Morgan fingerprint density at radius 3 is 2.74 bits per heavy atom. The van der Waals surface area contributed by atoms with E-state index in [0.29, 0.717) is 17.9 Å². The van der Waals surface area contributed by atoms with E-state index in [1.165, 1.54) is 29.2 Å². The van der Waals surface area contributed by atoms with E-state index in [2.05, 4.69) is 15.4 Å². The van der Waals surface area contributed by atoms with Crippen molar-refractivity contribution in [2.75, 3.05) is 5.73 Å². The van der Waals surface area contributed by atoms with Crippen molar-refractivity contribution in [2.45, 2.75) is 26.9 Å². The first-order valence-electron chi connectivity index (χ1n) is 8.30. The molecule has 3 N–H and O–H groups in total. The minimum atomic E-state index is -0.654. The van der Waals surface area contributed by atoms with E-state index in [-0.39, 0.29) is 18.0 Å². The molecule has 2 aromatic heterocycles. The van der Waals surface area contributed by atoms with Crippen molar-refractivity contribution < 1.29 is 13.6 Å². The quantitative estimate of drug-likeness (QED) is 0.722. The molecule has 140 valence electrons. The van der Waals surface area contributed by atoms with Gasteiger partial charge in [0, 0.05) is 30.1 Å². The van der Waals surface area contributed by atoms with Gasteiger partial charge in [0.15, 0.2) is 0 Å². The van der Waals surface area contributed by atoms with Gasteiger partial charge in [0.2, 0.25) is 0 Å². The number of carbonyl (C=O) groups is 1. The molecule has 0 fully saturated rings. The molecule has 0 saturated heterocycles. The minimum Gasteiger partial charge on any atom is -0.384 e. The molecule has 0 bridgehead atoms. The number of aromatic nitrogens is 3. The van der Waals surface area contributed by atoms with Crippen LogP contribution >= 0.6 is 0 Å². The minimum absolute atomic E-state index is 0.0967. The molecule has 1 aromatic carbocycles. The largest absolute Gasteiger partial charge is 0.384 e. The Morgan fingerprint density at radius 1 is 1.26 bits per heavy atom. The molecule has 0 spiro atoms. The fourth-order valence-electron chi connectivity index (χ4n) is 2.82. The topological polar surface area (TPSA) is 85.8 Å². The zero-order chi connectivity index (χ0) is 19.6. The maximum Gasteiger partial charge on any atom is 0.254 e. The smallest absolute Gasteiger partial charge is 0.254 e. The van der Waals surface area contributed by atoms with Crippen LogP contribution in [0.3, 0.4) is 0 Å². The van der Waals surface area contributed by atoms with Crippen LogP contribution in [0.25, 0.3) is 0 Å². The second-order valence-electron chi connectivity index (χ2n) is 6.27. The maximum absolute atomic E-state index is 13.7. The van der Waals surface area contributed by atoms with Gasteiger partial charge in [-0.05, 0) is 37.1 Å². The first-order valence-corrected chi connectivity index (χ1v) is 8.30. The molecular weight excluding hydrogens is 352 g/mol. The number of aryl methyl sites for hydroxylation is 2. The predicted octanol–water partition coefficient (Wildman–Crippen LogP) is 2.73. The monoisotopic (exact) mass is 371 g/mol. The third-order valence-corrected chi connectivity index (χ3v) is 4.24. The molecule has 27 heavy (non-hydrogen) atoms. The van der Waals surface area contributed by atoms with Crippen LogP contribution in [0.5, 0.6) is 0 Å². The van der Waals surface area contributed by atoms with Gasteiger partial charge in [0.25, 0.3) is 5.91 Å². The lowest BCUT2D eigenvalue weighted by atomic mass is 10.1. The second kappa shape index (κ2) is 7.53. The molecule has 2 heterocycles. The summed E-state index contributed by atoms with van der Waals surface area (Å²) in [6.07, 6.45) is 2.91. The highest BCUT2D eigenvalue weighted by Crippen LogP contribution is 2.15. The molecule has 0 unspecified atom stereocenters. The Kier molecular flexibility index (Phi) is 5.16. The normalized spacial score (nSPS) is 10.8. The third-order valence-electron chi connectivity index (χ3n) is 4.24. The number of nitrogens with one attached hydrogen (secondary N) is 1. The van der Waals surface area contributed by atoms with E-state index in [1.807, 2.05) is 13.8 Å². The summed E-state index contributed by atoms with van der Waals surface area (Å²) in [7, 11) is 0. The lowest BCUT2D eigenvalue weighted by molar-refractivity contribution is 0.0950. The summed E-state index contributed by atoms with van der Waals surface area (Å²) in [5.74, 6) is -1.16. The first-order chi connectivity index (χ1) is 12.8. The van der Waals surface area contributed by atoms with Gasteiger partial charge < -0.3 is 11.1 Å². The Balaban J connectivity index is 1.67. The number of hydrogen-bond donors (Lipinski definition) is 2. The number of carbonyl (C=O) groups excluding carboxylic acids is 1. The molecule has 0 atom stereocenters. The molecule has 0 saturated carbocycles. The molecule has 1 amide bonds. The van der Waals surface area contributed by atoms with Crippen LogP contribution in [0.4, 0.5) is 14.6 Å². The molecule has 0 aliphatic rings. The van der Waals surface area contributed by atoms with Gasteiger partial charge in [-0.15, -0.1) is 0 Å². The fourth-order valence-corrected chi connectivity index (χ4v) is 2.82. The van der Waals surface area contributed by atoms with Crippen LogP contribution < -0.4 is 11.1 Å². The second-order valence-corrected chi connectivity index (χ2v) is 6.27. The van der Waals surface area contributed by atoms with Crippen molar-refractivity contribution in [2.24, 2.45) is 0 Å². The molecule has 3 rings (SSSR count).